The summed E-state index contributed by atoms with van der Waals surface area (Å²) in [5.41, 5.74) is 5.88. The Morgan fingerprint density at radius 3 is 2.39 bits per heavy atom. The lowest BCUT2D eigenvalue weighted by molar-refractivity contribution is 0.490. The molecular weight excluding hydrogens is 274 g/mol. The maximum atomic E-state index is 12.1. The predicted molar refractivity (Wildman–Crippen MR) is 76.1 cm³/mol. The zero-order valence-electron chi connectivity index (χ0n) is 10.9. The van der Waals surface area contributed by atoms with Gasteiger partial charge in [-0.2, -0.15) is 13.1 Å². The molecule has 5 nitrogen and oxygen atoms in total. The molecular formula is C11H18ClN3O2S. The minimum atomic E-state index is -3.67. The minimum Gasteiger partial charge on any atom is -0.397 e. The highest BCUT2D eigenvalue weighted by Crippen LogP contribution is 2.27. The number of anilines is 2. The third-order valence-corrected chi connectivity index (χ3v) is 4.15. The fourth-order valence-electron chi connectivity index (χ4n) is 1.37. The van der Waals surface area contributed by atoms with Crippen LogP contribution in [0.2, 0.25) is 5.02 Å². The van der Waals surface area contributed by atoms with Gasteiger partial charge in [-0.3, -0.25) is 4.31 Å². The minimum absolute atomic E-state index is 0.347. The van der Waals surface area contributed by atoms with E-state index < -0.39 is 15.7 Å². The van der Waals surface area contributed by atoms with Crippen LogP contribution in [0.5, 0.6) is 0 Å². The molecule has 1 rings (SSSR count). The molecule has 0 fully saturated rings. The van der Waals surface area contributed by atoms with Crippen LogP contribution in [0.15, 0.2) is 18.2 Å². The van der Waals surface area contributed by atoms with Crippen LogP contribution in [0.3, 0.4) is 0 Å². The molecule has 0 heterocycles. The molecule has 0 spiro atoms. The fraction of sp³-hybridized carbons (Fsp3) is 0.455. The summed E-state index contributed by atoms with van der Waals surface area (Å²) in [4.78, 5) is 0. The molecule has 18 heavy (non-hydrogen) atoms. The summed E-state index contributed by atoms with van der Waals surface area (Å²) in [5, 5.41) is 0.428. The van der Waals surface area contributed by atoms with Gasteiger partial charge in [0.05, 0.1) is 11.4 Å². The summed E-state index contributed by atoms with van der Waals surface area (Å²) >= 11 is 5.85. The SMILES string of the molecule is CN(c1cc(Cl)ccc1N)S(=O)(=O)NC(C)(C)C. The number of halogens is 1. The Bertz CT molecular complexity index is 538. The highest BCUT2D eigenvalue weighted by molar-refractivity contribution is 7.90. The molecule has 0 aliphatic heterocycles. The van der Waals surface area contributed by atoms with Crippen molar-refractivity contribution in [2.75, 3.05) is 17.1 Å². The highest BCUT2D eigenvalue weighted by Gasteiger charge is 2.25. The Kier molecular flexibility index (Phi) is 4.15. The molecule has 102 valence electrons. The first-order valence-electron chi connectivity index (χ1n) is 5.36. The van der Waals surface area contributed by atoms with Gasteiger partial charge in [0.15, 0.2) is 0 Å². The molecule has 0 saturated carbocycles. The van der Waals surface area contributed by atoms with Crippen LogP contribution >= 0.6 is 11.6 Å². The van der Waals surface area contributed by atoms with Crippen LogP contribution in [-0.4, -0.2) is 21.0 Å². The third-order valence-electron chi connectivity index (χ3n) is 2.13. The normalized spacial score (nSPS) is 12.5. The maximum absolute atomic E-state index is 12.1. The number of hydrogen-bond acceptors (Lipinski definition) is 3. The molecule has 1 aromatic carbocycles. The summed E-state index contributed by atoms with van der Waals surface area (Å²) in [6.07, 6.45) is 0. The van der Waals surface area contributed by atoms with Gasteiger partial charge in [-0.25, -0.2) is 0 Å². The number of nitrogens with one attached hydrogen (secondary N) is 1. The summed E-state index contributed by atoms with van der Waals surface area (Å²) in [6, 6.07) is 4.69. The Balaban J connectivity index is 3.14. The molecule has 0 aromatic heterocycles. The van der Waals surface area contributed by atoms with E-state index in [0.717, 1.165) is 4.31 Å². The standard InChI is InChI=1S/C11H18ClN3O2S/c1-11(2,3)14-18(16,17)15(4)10-7-8(12)5-6-9(10)13/h5-7,14H,13H2,1-4H3. The summed E-state index contributed by atoms with van der Waals surface area (Å²) in [5.74, 6) is 0. The zero-order chi connectivity index (χ0) is 14.1. The number of nitrogens with zero attached hydrogens (tertiary/aromatic N) is 1. The van der Waals surface area contributed by atoms with Crippen LogP contribution in [0.1, 0.15) is 20.8 Å². The Morgan fingerprint density at radius 2 is 1.89 bits per heavy atom. The highest BCUT2D eigenvalue weighted by atomic mass is 35.5. The molecule has 0 radical (unpaired) electrons. The zero-order valence-corrected chi connectivity index (χ0v) is 12.4. The topological polar surface area (TPSA) is 75.4 Å². The Hall–Kier alpha value is -0.980. The second-order valence-corrected chi connectivity index (χ2v) is 7.17. The first kappa shape index (κ1) is 15.1. The molecule has 0 aliphatic rings. The van der Waals surface area contributed by atoms with Crippen molar-refractivity contribution in [3.63, 3.8) is 0 Å². The van der Waals surface area contributed by atoms with Crippen LogP contribution < -0.4 is 14.8 Å². The van der Waals surface area contributed by atoms with E-state index in [2.05, 4.69) is 4.72 Å². The first-order valence-corrected chi connectivity index (χ1v) is 7.17. The van der Waals surface area contributed by atoms with Gasteiger partial charge < -0.3 is 5.73 Å². The molecule has 0 unspecified atom stereocenters. The number of benzene rings is 1. The lowest BCUT2D eigenvalue weighted by Crippen LogP contribution is -2.47. The van der Waals surface area contributed by atoms with E-state index in [4.69, 9.17) is 17.3 Å². The molecule has 3 N–H and O–H groups in total. The van der Waals surface area contributed by atoms with Crippen molar-refractivity contribution < 1.29 is 8.42 Å². The molecule has 0 aliphatic carbocycles. The van der Waals surface area contributed by atoms with Crippen molar-refractivity contribution in [2.45, 2.75) is 26.3 Å². The molecule has 1 aromatic rings. The van der Waals surface area contributed by atoms with Gasteiger partial charge in [0.25, 0.3) is 0 Å². The largest absolute Gasteiger partial charge is 0.397 e. The van der Waals surface area contributed by atoms with E-state index in [1.807, 2.05) is 0 Å². The number of rotatable bonds is 3. The number of hydrogen-bond donors (Lipinski definition) is 2. The smallest absolute Gasteiger partial charge is 0.301 e. The number of nitrogens with two attached hydrogens (primary N) is 1. The second kappa shape index (κ2) is 4.95. The van der Waals surface area contributed by atoms with Gasteiger partial charge in [-0.15, -0.1) is 0 Å². The van der Waals surface area contributed by atoms with E-state index in [-0.39, 0.29) is 0 Å². The van der Waals surface area contributed by atoms with Crippen LogP contribution in [0.25, 0.3) is 0 Å². The van der Waals surface area contributed by atoms with E-state index >= 15 is 0 Å². The Morgan fingerprint density at radius 1 is 1.33 bits per heavy atom. The molecule has 0 amide bonds. The summed E-state index contributed by atoms with van der Waals surface area (Å²) in [6.45, 7) is 5.29. The van der Waals surface area contributed by atoms with Crippen molar-refractivity contribution in [1.29, 1.82) is 0 Å². The van der Waals surface area contributed by atoms with Crippen molar-refractivity contribution in [2.24, 2.45) is 0 Å². The predicted octanol–water partition coefficient (Wildman–Crippen LogP) is 1.99. The average molecular weight is 292 g/mol. The number of nitrogen functional groups attached to an aromatic ring is 1. The maximum Gasteiger partial charge on any atom is 0.301 e. The van der Waals surface area contributed by atoms with Gasteiger partial charge in [-0.1, -0.05) is 11.6 Å². The van der Waals surface area contributed by atoms with E-state index in [1.54, 1.807) is 32.9 Å². The lowest BCUT2D eigenvalue weighted by atomic mass is 10.1. The Labute approximate surface area is 113 Å². The van der Waals surface area contributed by atoms with Crippen molar-refractivity contribution >= 4 is 33.2 Å². The summed E-state index contributed by atoms with van der Waals surface area (Å²) in [7, 11) is -2.24. The van der Waals surface area contributed by atoms with Crippen molar-refractivity contribution in [3.8, 4) is 0 Å². The lowest BCUT2D eigenvalue weighted by Gasteiger charge is -2.27. The summed E-state index contributed by atoms with van der Waals surface area (Å²) < 4.78 is 27.9. The van der Waals surface area contributed by atoms with Gasteiger partial charge in [0, 0.05) is 17.6 Å². The van der Waals surface area contributed by atoms with Gasteiger partial charge in [0.1, 0.15) is 0 Å². The molecule has 0 bridgehead atoms. The first-order chi connectivity index (χ1) is 8.03. The van der Waals surface area contributed by atoms with Crippen LogP contribution in [-0.2, 0) is 10.2 Å². The van der Waals surface area contributed by atoms with E-state index in [1.165, 1.54) is 13.1 Å². The van der Waals surface area contributed by atoms with Crippen molar-refractivity contribution in [1.82, 2.24) is 4.72 Å². The van der Waals surface area contributed by atoms with Gasteiger partial charge in [0.2, 0.25) is 0 Å². The van der Waals surface area contributed by atoms with Crippen molar-refractivity contribution in [3.05, 3.63) is 23.2 Å². The molecule has 0 atom stereocenters. The monoisotopic (exact) mass is 291 g/mol. The second-order valence-electron chi connectivity index (χ2n) is 5.03. The van der Waals surface area contributed by atoms with Crippen LogP contribution in [0, 0.1) is 0 Å². The van der Waals surface area contributed by atoms with Gasteiger partial charge >= 0.3 is 10.2 Å². The van der Waals surface area contributed by atoms with Crippen LogP contribution in [0.4, 0.5) is 11.4 Å². The fourth-order valence-corrected chi connectivity index (χ4v) is 2.87. The van der Waals surface area contributed by atoms with E-state index in [0.29, 0.717) is 16.4 Å². The van der Waals surface area contributed by atoms with E-state index in [9.17, 15) is 8.42 Å². The van der Waals surface area contributed by atoms with Gasteiger partial charge in [-0.05, 0) is 39.0 Å². The molecule has 0 saturated heterocycles. The third kappa shape index (κ3) is 3.76. The molecule has 7 heteroatoms. The average Bonchev–Trinajstić information content (AvgIpc) is 2.17. The quantitative estimate of drug-likeness (QED) is 0.836.